The van der Waals surface area contributed by atoms with Crippen molar-refractivity contribution in [3.8, 4) is 11.6 Å². The van der Waals surface area contributed by atoms with E-state index in [4.69, 9.17) is 14.2 Å². The highest BCUT2D eigenvalue weighted by atomic mass is 16.6. The number of methoxy groups -OCH3 is 1. The van der Waals surface area contributed by atoms with Gasteiger partial charge in [-0.1, -0.05) is 0 Å². The lowest BCUT2D eigenvalue weighted by molar-refractivity contribution is -0.386. The molecule has 0 unspecified atom stereocenters. The van der Waals surface area contributed by atoms with Gasteiger partial charge in [-0.05, 0) is 27.2 Å². The summed E-state index contributed by atoms with van der Waals surface area (Å²) < 4.78 is 15.2. The summed E-state index contributed by atoms with van der Waals surface area (Å²) >= 11 is 0. The number of hydrogen-bond acceptors (Lipinski definition) is 7. The van der Waals surface area contributed by atoms with Crippen LogP contribution in [0.1, 0.15) is 27.2 Å². The van der Waals surface area contributed by atoms with Crippen LogP contribution in [0.2, 0.25) is 0 Å². The average molecular weight is 327 g/mol. The maximum atomic E-state index is 11.4. The molecule has 0 aliphatic rings. The van der Waals surface area contributed by atoms with Crippen LogP contribution in [0.25, 0.3) is 0 Å². The fourth-order valence-electron chi connectivity index (χ4n) is 1.56. The molecule has 9 heteroatoms. The van der Waals surface area contributed by atoms with Crippen LogP contribution in [-0.2, 0) is 4.74 Å². The number of carbonyl (C=O) groups excluding carboxylic acids is 1. The van der Waals surface area contributed by atoms with Crippen LogP contribution < -0.4 is 14.8 Å². The molecular weight excluding hydrogens is 306 g/mol. The van der Waals surface area contributed by atoms with Crippen molar-refractivity contribution in [2.24, 2.45) is 0 Å². The Bertz CT molecular complexity index is 556. The van der Waals surface area contributed by atoms with Gasteiger partial charge in [0, 0.05) is 6.54 Å². The SMILES string of the molecule is COc1ncc(OCCCNC(=O)OC(C)(C)C)cc1[N+](=O)[O-]. The summed E-state index contributed by atoms with van der Waals surface area (Å²) in [6.07, 6.45) is 1.35. The van der Waals surface area contributed by atoms with E-state index in [9.17, 15) is 14.9 Å². The second-order valence-electron chi connectivity index (χ2n) is 5.59. The van der Waals surface area contributed by atoms with E-state index >= 15 is 0 Å². The summed E-state index contributed by atoms with van der Waals surface area (Å²) in [4.78, 5) is 25.5. The molecule has 0 fully saturated rings. The number of alkyl carbamates (subject to hydrolysis) is 1. The van der Waals surface area contributed by atoms with Crippen LogP contribution in [0.15, 0.2) is 12.3 Å². The summed E-state index contributed by atoms with van der Waals surface area (Å²) in [6, 6.07) is 1.24. The van der Waals surface area contributed by atoms with Crippen molar-refractivity contribution >= 4 is 11.8 Å². The number of carbonyl (C=O) groups is 1. The Kier molecular flexibility index (Phi) is 6.55. The topological polar surface area (TPSA) is 113 Å². The molecule has 0 saturated carbocycles. The molecule has 1 amide bonds. The number of nitrogens with one attached hydrogen (secondary N) is 1. The lowest BCUT2D eigenvalue weighted by atomic mass is 10.2. The molecule has 1 rings (SSSR count). The number of nitro groups is 1. The normalized spacial score (nSPS) is 10.8. The van der Waals surface area contributed by atoms with E-state index in [1.165, 1.54) is 19.4 Å². The van der Waals surface area contributed by atoms with E-state index in [1.54, 1.807) is 20.8 Å². The average Bonchev–Trinajstić information content (AvgIpc) is 2.44. The number of aromatic nitrogens is 1. The second kappa shape index (κ2) is 8.16. The molecule has 1 heterocycles. The molecule has 0 radical (unpaired) electrons. The Balaban J connectivity index is 2.38. The van der Waals surface area contributed by atoms with Gasteiger partial charge >= 0.3 is 11.8 Å². The molecule has 1 aromatic rings. The van der Waals surface area contributed by atoms with E-state index < -0.39 is 16.6 Å². The lowest BCUT2D eigenvalue weighted by Gasteiger charge is -2.19. The van der Waals surface area contributed by atoms with Gasteiger partial charge in [0.1, 0.15) is 11.4 Å². The van der Waals surface area contributed by atoms with Gasteiger partial charge in [-0.15, -0.1) is 0 Å². The molecule has 1 N–H and O–H groups in total. The highest BCUT2D eigenvalue weighted by Gasteiger charge is 2.18. The van der Waals surface area contributed by atoms with Crippen molar-refractivity contribution in [1.82, 2.24) is 10.3 Å². The van der Waals surface area contributed by atoms with Gasteiger partial charge in [-0.25, -0.2) is 9.78 Å². The number of nitrogens with zero attached hydrogens (tertiary/aromatic N) is 2. The van der Waals surface area contributed by atoms with Crippen LogP contribution in [0, 0.1) is 10.1 Å². The predicted octanol–water partition coefficient (Wildman–Crippen LogP) is 2.29. The number of hydrogen-bond donors (Lipinski definition) is 1. The molecule has 1 aromatic heterocycles. The number of ether oxygens (including phenoxy) is 3. The van der Waals surface area contributed by atoms with E-state index in [1.807, 2.05) is 0 Å². The Morgan fingerprint density at radius 1 is 1.43 bits per heavy atom. The highest BCUT2D eigenvalue weighted by Crippen LogP contribution is 2.27. The Hall–Kier alpha value is -2.58. The highest BCUT2D eigenvalue weighted by molar-refractivity contribution is 5.67. The van der Waals surface area contributed by atoms with E-state index in [-0.39, 0.29) is 23.9 Å². The maximum Gasteiger partial charge on any atom is 0.407 e. The van der Waals surface area contributed by atoms with Gasteiger partial charge in [0.25, 0.3) is 5.88 Å². The van der Waals surface area contributed by atoms with E-state index in [0.717, 1.165) is 0 Å². The van der Waals surface area contributed by atoms with Gasteiger partial charge in [-0.2, -0.15) is 0 Å². The molecule has 0 aromatic carbocycles. The standard InChI is InChI=1S/C14H21N3O6/c1-14(2,3)23-13(18)15-6-5-7-22-10-8-11(17(19)20)12(21-4)16-9-10/h8-9H,5-7H2,1-4H3,(H,15,18). The van der Waals surface area contributed by atoms with Crippen molar-refractivity contribution in [1.29, 1.82) is 0 Å². The second-order valence-corrected chi connectivity index (χ2v) is 5.59. The van der Waals surface area contributed by atoms with E-state index in [2.05, 4.69) is 10.3 Å². The lowest BCUT2D eigenvalue weighted by Crippen LogP contribution is -2.33. The molecule has 0 saturated heterocycles. The third kappa shape index (κ3) is 6.81. The van der Waals surface area contributed by atoms with Gasteiger partial charge < -0.3 is 19.5 Å². The van der Waals surface area contributed by atoms with Crippen LogP contribution in [0.5, 0.6) is 11.6 Å². The monoisotopic (exact) mass is 327 g/mol. The molecule has 0 spiro atoms. The summed E-state index contributed by atoms with van der Waals surface area (Å²) in [5.41, 5.74) is -0.814. The van der Waals surface area contributed by atoms with Gasteiger partial charge in [0.05, 0.1) is 30.9 Å². The third-order valence-electron chi connectivity index (χ3n) is 2.46. The first-order valence-corrected chi connectivity index (χ1v) is 7.01. The minimum absolute atomic E-state index is 0.0751. The Morgan fingerprint density at radius 2 is 2.13 bits per heavy atom. The van der Waals surface area contributed by atoms with Crippen molar-refractivity contribution in [3.05, 3.63) is 22.4 Å². The maximum absolute atomic E-state index is 11.4. The summed E-state index contributed by atoms with van der Waals surface area (Å²) in [5.74, 6) is 0.184. The van der Waals surface area contributed by atoms with Crippen molar-refractivity contribution in [2.75, 3.05) is 20.3 Å². The minimum atomic E-state index is -0.594. The number of amides is 1. The fourth-order valence-corrected chi connectivity index (χ4v) is 1.56. The summed E-state index contributed by atoms with van der Waals surface area (Å²) in [7, 11) is 1.30. The zero-order chi connectivity index (χ0) is 17.5. The predicted molar refractivity (Wildman–Crippen MR) is 81.8 cm³/mol. The first-order chi connectivity index (χ1) is 10.7. The Morgan fingerprint density at radius 3 is 2.70 bits per heavy atom. The summed E-state index contributed by atoms with van der Waals surface area (Å²) in [5, 5.41) is 13.5. The van der Waals surface area contributed by atoms with Crippen LogP contribution in [0.3, 0.4) is 0 Å². The van der Waals surface area contributed by atoms with Gasteiger partial charge in [0.2, 0.25) is 0 Å². The molecular formula is C14H21N3O6. The zero-order valence-corrected chi connectivity index (χ0v) is 13.6. The van der Waals surface area contributed by atoms with Crippen LogP contribution in [-0.4, -0.2) is 41.9 Å². The first-order valence-electron chi connectivity index (χ1n) is 7.01. The number of pyridine rings is 1. The minimum Gasteiger partial charge on any atom is -0.492 e. The van der Waals surface area contributed by atoms with Crippen LogP contribution >= 0.6 is 0 Å². The molecule has 0 atom stereocenters. The fraction of sp³-hybridized carbons (Fsp3) is 0.571. The number of rotatable bonds is 7. The third-order valence-corrected chi connectivity index (χ3v) is 2.46. The molecule has 0 bridgehead atoms. The molecule has 9 nitrogen and oxygen atoms in total. The van der Waals surface area contributed by atoms with Crippen molar-refractivity contribution in [2.45, 2.75) is 32.8 Å². The van der Waals surface area contributed by atoms with Crippen LogP contribution in [0.4, 0.5) is 10.5 Å². The van der Waals surface area contributed by atoms with Crippen molar-refractivity contribution < 1.29 is 23.9 Å². The first kappa shape index (κ1) is 18.5. The quantitative estimate of drug-likeness (QED) is 0.464. The van der Waals surface area contributed by atoms with Gasteiger partial charge in [-0.3, -0.25) is 10.1 Å². The molecule has 128 valence electrons. The van der Waals surface area contributed by atoms with E-state index in [0.29, 0.717) is 13.0 Å². The molecule has 23 heavy (non-hydrogen) atoms. The molecule has 0 aliphatic carbocycles. The Labute approximate surface area is 134 Å². The summed E-state index contributed by atoms with van der Waals surface area (Å²) in [6.45, 7) is 5.96. The largest absolute Gasteiger partial charge is 0.492 e. The van der Waals surface area contributed by atoms with Crippen molar-refractivity contribution in [3.63, 3.8) is 0 Å². The smallest absolute Gasteiger partial charge is 0.407 e. The van der Waals surface area contributed by atoms with Gasteiger partial charge in [0.15, 0.2) is 0 Å². The molecule has 0 aliphatic heterocycles. The zero-order valence-electron chi connectivity index (χ0n) is 13.6.